The Labute approximate surface area is 159 Å². The zero-order valence-corrected chi connectivity index (χ0v) is 16.0. The molecule has 138 valence electrons. The Morgan fingerprint density at radius 3 is 2.62 bits per heavy atom. The van der Waals surface area contributed by atoms with Gasteiger partial charge in [-0.3, -0.25) is 4.90 Å². The Balaban J connectivity index is 1.64. The topological polar surface area (TPSA) is 47.7 Å². The van der Waals surface area contributed by atoms with E-state index in [1.54, 1.807) is 14.2 Å². The van der Waals surface area contributed by atoms with Gasteiger partial charge in [0, 0.05) is 36.1 Å². The summed E-state index contributed by atoms with van der Waals surface area (Å²) in [7, 11) is 3.37. The van der Waals surface area contributed by atoms with Crippen LogP contribution in [0.1, 0.15) is 35.1 Å². The van der Waals surface area contributed by atoms with Gasteiger partial charge in [0.15, 0.2) is 11.5 Å². The molecular weight excluding hydrogens is 348 g/mol. The summed E-state index contributed by atoms with van der Waals surface area (Å²) in [6.07, 6.45) is 1.95. The zero-order valence-electron chi connectivity index (χ0n) is 15.2. The van der Waals surface area contributed by atoms with Crippen LogP contribution in [0.3, 0.4) is 0 Å². The quantitative estimate of drug-likeness (QED) is 0.890. The summed E-state index contributed by atoms with van der Waals surface area (Å²) in [6.45, 7) is 2.00. The lowest BCUT2D eigenvalue weighted by atomic mass is 9.78. The highest BCUT2D eigenvalue weighted by Crippen LogP contribution is 2.44. The molecule has 2 aromatic carbocycles. The number of methoxy groups -OCH3 is 2. The van der Waals surface area contributed by atoms with E-state index < -0.39 is 0 Å². The van der Waals surface area contributed by atoms with Crippen molar-refractivity contribution in [2.24, 2.45) is 5.73 Å². The molecule has 1 saturated heterocycles. The number of halogens is 1. The first-order valence-electron chi connectivity index (χ1n) is 9.10. The van der Waals surface area contributed by atoms with Crippen molar-refractivity contribution < 1.29 is 9.47 Å². The third-order valence-corrected chi connectivity index (χ3v) is 6.07. The van der Waals surface area contributed by atoms with E-state index in [-0.39, 0.29) is 6.04 Å². The van der Waals surface area contributed by atoms with Gasteiger partial charge in [0.1, 0.15) is 0 Å². The third-order valence-electron chi connectivity index (χ3n) is 5.83. The van der Waals surface area contributed by atoms with Gasteiger partial charge in [-0.05, 0) is 53.8 Å². The maximum absolute atomic E-state index is 6.63. The van der Waals surface area contributed by atoms with Crippen LogP contribution in [0.15, 0.2) is 36.4 Å². The summed E-state index contributed by atoms with van der Waals surface area (Å²) in [5, 5.41) is 0.776. The van der Waals surface area contributed by atoms with Crippen LogP contribution in [0.2, 0.25) is 5.02 Å². The molecule has 0 amide bonds. The van der Waals surface area contributed by atoms with Crippen LogP contribution in [-0.4, -0.2) is 38.3 Å². The van der Waals surface area contributed by atoms with Crippen molar-refractivity contribution in [1.82, 2.24) is 4.90 Å². The van der Waals surface area contributed by atoms with Crippen LogP contribution in [0.5, 0.6) is 11.5 Å². The molecule has 2 aliphatic heterocycles. The standard InChI is InChI=1S/C21H25ClN2O2/c1-25-20-9-14-6-7-24-12-17(13-4-3-5-15(22)8-13)18(23)11-19(24)16(14)10-21(20)26-2/h3-5,8-10,17-19H,6-7,11-12,23H2,1-2H3/t17-,18?,19+/m1/s1. The second kappa shape index (κ2) is 7.10. The molecule has 2 N–H and O–H groups in total. The number of benzene rings is 2. The van der Waals surface area contributed by atoms with Crippen LogP contribution >= 0.6 is 11.6 Å². The van der Waals surface area contributed by atoms with Gasteiger partial charge in [-0.2, -0.15) is 0 Å². The van der Waals surface area contributed by atoms with Crippen LogP contribution in [0.25, 0.3) is 0 Å². The van der Waals surface area contributed by atoms with Crippen molar-refractivity contribution in [2.45, 2.75) is 30.8 Å². The average molecular weight is 373 g/mol. The lowest BCUT2D eigenvalue weighted by Gasteiger charge is -2.46. The van der Waals surface area contributed by atoms with Crippen LogP contribution in [-0.2, 0) is 6.42 Å². The summed E-state index contributed by atoms with van der Waals surface area (Å²) < 4.78 is 11.0. The normalized spacial score (nSPS) is 25.3. The van der Waals surface area contributed by atoms with E-state index in [9.17, 15) is 0 Å². The van der Waals surface area contributed by atoms with Crippen molar-refractivity contribution in [3.8, 4) is 11.5 Å². The second-order valence-electron chi connectivity index (χ2n) is 7.23. The van der Waals surface area contributed by atoms with Gasteiger partial charge in [0.05, 0.1) is 14.2 Å². The van der Waals surface area contributed by atoms with E-state index in [0.717, 1.165) is 42.5 Å². The van der Waals surface area contributed by atoms with Gasteiger partial charge in [-0.1, -0.05) is 23.7 Å². The summed E-state index contributed by atoms with van der Waals surface area (Å²) in [5.41, 5.74) is 10.5. The number of hydrogen-bond acceptors (Lipinski definition) is 4. The van der Waals surface area contributed by atoms with E-state index in [1.807, 2.05) is 12.1 Å². The minimum atomic E-state index is 0.105. The van der Waals surface area contributed by atoms with Gasteiger partial charge < -0.3 is 15.2 Å². The van der Waals surface area contributed by atoms with Gasteiger partial charge in [-0.25, -0.2) is 0 Å². The molecule has 0 aliphatic carbocycles. The highest BCUT2D eigenvalue weighted by molar-refractivity contribution is 6.30. The first-order valence-corrected chi connectivity index (χ1v) is 9.48. The number of hydrogen-bond donors (Lipinski definition) is 1. The number of rotatable bonds is 3. The predicted octanol–water partition coefficient (Wildman–Crippen LogP) is 3.77. The number of fused-ring (bicyclic) bond motifs is 3. The summed E-state index contributed by atoms with van der Waals surface area (Å²) >= 11 is 6.20. The summed E-state index contributed by atoms with van der Waals surface area (Å²) in [4.78, 5) is 2.56. The fourth-order valence-electron chi connectivity index (χ4n) is 4.47. The van der Waals surface area contributed by atoms with Crippen LogP contribution in [0.4, 0.5) is 0 Å². The molecule has 3 atom stereocenters. The Hall–Kier alpha value is -1.75. The Kier molecular flexibility index (Phi) is 4.82. The molecule has 5 heteroatoms. The highest BCUT2D eigenvalue weighted by Gasteiger charge is 2.38. The van der Waals surface area contributed by atoms with Gasteiger partial charge in [0.25, 0.3) is 0 Å². The molecule has 4 nitrogen and oxygen atoms in total. The Bertz CT molecular complexity index is 811. The van der Waals surface area contributed by atoms with Crippen LogP contribution < -0.4 is 15.2 Å². The zero-order chi connectivity index (χ0) is 18.3. The minimum Gasteiger partial charge on any atom is -0.493 e. The monoisotopic (exact) mass is 372 g/mol. The van der Waals surface area contributed by atoms with Crippen molar-refractivity contribution in [2.75, 3.05) is 27.3 Å². The average Bonchev–Trinajstić information content (AvgIpc) is 2.66. The van der Waals surface area contributed by atoms with Crippen molar-refractivity contribution in [3.05, 3.63) is 58.1 Å². The first-order chi connectivity index (χ1) is 12.6. The number of nitrogens with two attached hydrogens (primary N) is 1. The smallest absolute Gasteiger partial charge is 0.161 e. The number of nitrogens with zero attached hydrogens (tertiary/aromatic N) is 1. The molecular formula is C21H25ClN2O2. The molecule has 0 saturated carbocycles. The number of ether oxygens (including phenoxy) is 2. The Morgan fingerprint density at radius 1 is 1.12 bits per heavy atom. The lowest BCUT2D eigenvalue weighted by Crippen LogP contribution is -2.49. The molecule has 2 aliphatic rings. The predicted molar refractivity (Wildman–Crippen MR) is 104 cm³/mol. The summed E-state index contributed by atoms with van der Waals surface area (Å²) in [6, 6.07) is 12.8. The molecule has 2 aromatic rings. The summed E-state index contributed by atoms with van der Waals surface area (Å²) in [5.74, 6) is 1.90. The van der Waals surface area contributed by atoms with Crippen molar-refractivity contribution >= 4 is 11.6 Å². The van der Waals surface area contributed by atoms with Crippen molar-refractivity contribution in [3.63, 3.8) is 0 Å². The maximum Gasteiger partial charge on any atom is 0.161 e. The molecule has 26 heavy (non-hydrogen) atoms. The molecule has 0 bridgehead atoms. The molecule has 1 unspecified atom stereocenters. The van der Waals surface area contributed by atoms with Gasteiger partial charge >= 0.3 is 0 Å². The highest BCUT2D eigenvalue weighted by atomic mass is 35.5. The molecule has 2 heterocycles. The lowest BCUT2D eigenvalue weighted by molar-refractivity contribution is 0.109. The largest absolute Gasteiger partial charge is 0.493 e. The van der Waals surface area contributed by atoms with E-state index in [0.29, 0.717) is 12.0 Å². The number of piperidine rings is 1. The fraction of sp³-hybridized carbons (Fsp3) is 0.429. The van der Waals surface area contributed by atoms with Crippen LogP contribution in [0, 0.1) is 0 Å². The molecule has 0 spiro atoms. The minimum absolute atomic E-state index is 0.105. The molecule has 0 aromatic heterocycles. The Morgan fingerprint density at radius 2 is 1.88 bits per heavy atom. The van der Waals surface area contributed by atoms with E-state index in [4.69, 9.17) is 26.8 Å². The maximum atomic E-state index is 6.63. The third kappa shape index (κ3) is 3.07. The molecule has 1 fully saturated rings. The van der Waals surface area contributed by atoms with Gasteiger partial charge in [0.2, 0.25) is 0 Å². The van der Waals surface area contributed by atoms with Crippen molar-refractivity contribution in [1.29, 1.82) is 0 Å². The first kappa shape index (κ1) is 17.7. The SMILES string of the molecule is COc1cc2c(cc1OC)[C@@H]1CC(N)[C@@H](c3cccc(Cl)c3)CN1CC2. The molecule has 0 radical (unpaired) electrons. The molecule has 4 rings (SSSR count). The van der Waals surface area contributed by atoms with E-state index in [2.05, 4.69) is 29.2 Å². The fourth-order valence-corrected chi connectivity index (χ4v) is 4.67. The van der Waals surface area contributed by atoms with Gasteiger partial charge in [-0.15, -0.1) is 0 Å². The van der Waals surface area contributed by atoms with E-state index in [1.165, 1.54) is 16.7 Å². The second-order valence-corrected chi connectivity index (χ2v) is 7.66. The van der Waals surface area contributed by atoms with E-state index >= 15 is 0 Å².